The number of urea groups is 1. The minimum atomic E-state index is -0.478. The first-order valence-corrected chi connectivity index (χ1v) is 10.5. The summed E-state index contributed by atoms with van der Waals surface area (Å²) in [4.78, 5) is 30.4. The largest absolute Gasteiger partial charge is 0.322 e. The van der Waals surface area contributed by atoms with Crippen LogP contribution in [0.3, 0.4) is 0 Å². The number of fused-ring (bicyclic) bond motifs is 1. The van der Waals surface area contributed by atoms with Crippen LogP contribution in [0.4, 0.5) is 14.9 Å². The average Bonchev–Trinajstić information content (AvgIpc) is 2.74. The Kier molecular flexibility index (Phi) is 5.84. The number of carbonyl (C=O) groups excluding carboxylic acids is 1. The lowest BCUT2D eigenvalue weighted by molar-refractivity contribution is 0.162. The molecule has 1 aromatic heterocycles. The summed E-state index contributed by atoms with van der Waals surface area (Å²) in [5, 5.41) is 3.63. The number of benzene rings is 2. The van der Waals surface area contributed by atoms with Crippen LogP contribution in [0.1, 0.15) is 43.2 Å². The van der Waals surface area contributed by atoms with Crippen LogP contribution < -0.4 is 10.9 Å². The van der Waals surface area contributed by atoms with Gasteiger partial charge in [-0.3, -0.25) is 4.79 Å². The quantitative estimate of drug-likeness (QED) is 0.613. The number of halogens is 1. The van der Waals surface area contributed by atoms with Crippen molar-refractivity contribution < 1.29 is 9.18 Å². The van der Waals surface area contributed by atoms with E-state index in [9.17, 15) is 14.0 Å². The van der Waals surface area contributed by atoms with Gasteiger partial charge in [-0.15, -0.1) is 0 Å². The van der Waals surface area contributed by atoms with Crippen LogP contribution in [0.5, 0.6) is 0 Å². The first-order valence-electron chi connectivity index (χ1n) is 10.5. The van der Waals surface area contributed by atoms with Crippen molar-refractivity contribution in [3.8, 4) is 0 Å². The van der Waals surface area contributed by atoms with Crippen LogP contribution in [0.25, 0.3) is 10.9 Å². The molecule has 1 heterocycles. The van der Waals surface area contributed by atoms with Crippen LogP contribution in [0.15, 0.2) is 53.3 Å². The van der Waals surface area contributed by atoms with Crippen LogP contribution >= 0.6 is 0 Å². The number of carbonyl (C=O) groups is 1. The second-order valence-electron chi connectivity index (χ2n) is 8.04. The van der Waals surface area contributed by atoms with Crippen LogP contribution in [-0.4, -0.2) is 22.0 Å². The fraction of sp³-hybridized carbons (Fsp3) is 0.333. The van der Waals surface area contributed by atoms with Gasteiger partial charge in [-0.05, 0) is 55.5 Å². The summed E-state index contributed by atoms with van der Waals surface area (Å²) in [5.41, 5.74) is 2.34. The molecule has 0 bridgehead atoms. The number of pyridine rings is 1. The number of aromatic nitrogens is 1. The monoisotopic (exact) mass is 407 g/mol. The topological polar surface area (TPSA) is 65.2 Å². The summed E-state index contributed by atoms with van der Waals surface area (Å²) >= 11 is 0. The summed E-state index contributed by atoms with van der Waals surface area (Å²) in [6.07, 6.45) is 5.00. The van der Waals surface area contributed by atoms with Crippen molar-refractivity contribution in [3.05, 3.63) is 75.8 Å². The van der Waals surface area contributed by atoms with Crippen LogP contribution in [-0.2, 0) is 6.54 Å². The lowest BCUT2D eigenvalue weighted by Crippen LogP contribution is -2.44. The highest BCUT2D eigenvalue weighted by Crippen LogP contribution is 2.25. The van der Waals surface area contributed by atoms with Gasteiger partial charge in [-0.1, -0.05) is 43.0 Å². The zero-order valence-corrected chi connectivity index (χ0v) is 17.1. The summed E-state index contributed by atoms with van der Waals surface area (Å²) in [5.74, 6) is -0.478. The van der Waals surface area contributed by atoms with Crippen molar-refractivity contribution in [2.75, 3.05) is 5.32 Å². The standard InChI is InChI=1S/C24H26FN3O2/c1-16-11-12-21-17(13-16)14-18(23(29)26-21)15-28(19-7-3-2-4-8-19)24(30)27-22-10-6-5-9-20(22)25/h5-6,9-14,19H,2-4,7-8,15H2,1H3,(H,26,29)(H,27,30). The fourth-order valence-electron chi connectivity index (χ4n) is 4.18. The maximum atomic E-state index is 14.1. The van der Waals surface area contributed by atoms with Crippen molar-refractivity contribution in [2.45, 2.75) is 51.6 Å². The lowest BCUT2D eigenvalue weighted by Gasteiger charge is -2.34. The first-order chi connectivity index (χ1) is 14.5. The van der Waals surface area contributed by atoms with Crippen molar-refractivity contribution in [2.24, 2.45) is 0 Å². The summed E-state index contributed by atoms with van der Waals surface area (Å²) in [6, 6.07) is 13.5. The molecule has 0 spiro atoms. The average molecular weight is 407 g/mol. The van der Waals surface area contributed by atoms with E-state index in [0.717, 1.165) is 48.6 Å². The predicted octanol–water partition coefficient (Wildman–Crippen LogP) is 5.34. The van der Waals surface area contributed by atoms with E-state index in [-0.39, 0.29) is 29.9 Å². The van der Waals surface area contributed by atoms with Gasteiger partial charge in [0.2, 0.25) is 0 Å². The predicted molar refractivity (Wildman–Crippen MR) is 117 cm³/mol. The van der Waals surface area contributed by atoms with Crippen LogP contribution in [0.2, 0.25) is 0 Å². The molecule has 3 aromatic rings. The molecule has 0 aliphatic heterocycles. The fourth-order valence-corrected chi connectivity index (χ4v) is 4.18. The second kappa shape index (κ2) is 8.69. The molecule has 5 nitrogen and oxygen atoms in total. The number of para-hydroxylation sites is 1. The van der Waals surface area contributed by atoms with Gasteiger partial charge in [0, 0.05) is 17.1 Å². The number of nitrogens with one attached hydrogen (secondary N) is 2. The molecule has 30 heavy (non-hydrogen) atoms. The van der Waals surface area contributed by atoms with E-state index < -0.39 is 5.82 Å². The molecule has 0 radical (unpaired) electrons. The maximum absolute atomic E-state index is 14.1. The molecule has 4 rings (SSSR count). The Morgan fingerprint density at radius 2 is 1.90 bits per heavy atom. The maximum Gasteiger partial charge on any atom is 0.322 e. The van der Waals surface area contributed by atoms with Gasteiger partial charge in [-0.2, -0.15) is 0 Å². The summed E-state index contributed by atoms with van der Waals surface area (Å²) in [7, 11) is 0. The molecule has 2 aromatic carbocycles. The normalized spacial score (nSPS) is 14.6. The van der Waals surface area contributed by atoms with E-state index in [1.165, 1.54) is 12.1 Å². The van der Waals surface area contributed by atoms with Crippen molar-refractivity contribution in [1.29, 1.82) is 0 Å². The third-order valence-electron chi connectivity index (χ3n) is 5.81. The highest BCUT2D eigenvalue weighted by Gasteiger charge is 2.27. The highest BCUT2D eigenvalue weighted by molar-refractivity contribution is 5.89. The van der Waals surface area contributed by atoms with Crippen LogP contribution in [0, 0.1) is 12.7 Å². The second-order valence-corrected chi connectivity index (χ2v) is 8.04. The number of H-pyrrole nitrogens is 1. The molecule has 0 unspecified atom stereocenters. The van der Waals surface area contributed by atoms with Gasteiger partial charge in [0.25, 0.3) is 5.56 Å². The van der Waals surface area contributed by atoms with E-state index in [0.29, 0.717) is 5.56 Å². The molecular formula is C24H26FN3O2. The molecule has 6 heteroatoms. The zero-order valence-electron chi connectivity index (χ0n) is 17.1. The van der Waals surface area contributed by atoms with E-state index in [1.807, 2.05) is 31.2 Å². The minimum Gasteiger partial charge on any atom is -0.322 e. The van der Waals surface area contributed by atoms with Crippen molar-refractivity contribution >= 4 is 22.6 Å². The molecule has 1 fully saturated rings. The Labute approximate surface area is 174 Å². The molecule has 1 saturated carbocycles. The highest BCUT2D eigenvalue weighted by atomic mass is 19.1. The molecule has 0 atom stereocenters. The van der Waals surface area contributed by atoms with Gasteiger partial charge < -0.3 is 15.2 Å². The van der Waals surface area contributed by atoms with Gasteiger partial charge in [0.1, 0.15) is 5.82 Å². The summed E-state index contributed by atoms with van der Waals surface area (Å²) in [6.45, 7) is 2.19. The number of hydrogen-bond donors (Lipinski definition) is 2. The molecule has 2 N–H and O–H groups in total. The first kappa shape index (κ1) is 20.1. The van der Waals surface area contributed by atoms with E-state index in [4.69, 9.17) is 0 Å². The molecule has 0 saturated heterocycles. The molecule has 156 valence electrons. The SMILES string of the molecule is Cc1ccc2[nH]c(=O)c(CN(C(=O)Nc3ccccc3F)C3CCCCC3)cc2c1. The molecule has 2 amide bonds. The summed E-state index contributed by atoms with van der Waals surface area (Å²) < 4.78 is 14.1. The Bertz CT molecular complexity index is 1120. The number of amides is 2. The Hall–Kier alpha value is -3.15. The number of aryl methyl sites for hydroxylation is 1. The van der Waals surface area contributed by atoms with E-state index in [2.05, 4.69) is 10.3 Å². The van der Waals surface area contributed by atoms with E-state index in [1.54, 1.807) is 17.0 Å². The smallest absolute Gasteiger partial charge is 0.322 e. The van der Waals surface area contributed by atoms with E-state index >= 15 is 0 Å². The van der Waals surface area contributed by atoms with Gasteiger partial charge in [0.05, 0.1) is 12.2 Å². The van der Waals surface area contributed by atoms with Crippen molar-refractivity contribution in [1.82, 2.24) is 9.88 Å². The third kappa shape index (κ3) is 4.37. The number of anilines is 1. The number of hydrogen-bond acceptors (Lipinski definition) is 2. The number of rotatable bonds is 4. The van der Waals surface area contributed by atoms with Gasteiger partial charge in [0.15, 0.2) is 0 Å². The Morgan fingerprint density at radius 1 is 1.13 bits per heavy atom. The Balaban J connectivity index is 1.65. The molecular weight excluding hydrogens is 381 g/mol. The molecule has 1 aliphatic carbocycles. The minimum absolute atomic E-state index is 0.0260. The van der Waals surface area contributed by atoms with Crippen molar-refractivity contribution in [3.63, 3.8) is 0 Å². The van der Waals surface area contributed by atoms with Gasteiger partial charge in [-0.25, -0.2) is 9.18 Å². The molecule has 1 aliphatic rings. The third-order valence-corrected chi connectivity index (χ3v) is 5.81. The number of aromatic amines is 1. The lowest BCUT2D eigenvalue weighted by atomic mass is 9.94. The zero-order chi connectivity index (χ0) is 21.1. The Morgan fingerprint density at radius 3 is 2.67 bits per heavy atom. The van der Waals surface area contributed by atoms with Gasteiger partial charge >= 0.3 is 6.03 Å². The number of nitrogens with zero attached hydrogens (tertiary/aromatic N) is 1.